The molecule has 0 spiro atoms. The zero-order chi connectivity index (χ0) is 18.5. The van der Waals surface area contributed by atoms with Crippen molar-refractivity contribution >= 4 is 5.91 Å². The number of aryl methyl sites for hydroxylation is 1. The van der Waals surface area contributed by atoms with E-state index in [9.17, 15) is 9.59 Å². The first kappa shape index (κ1) is 17.3. The van der Waals surface area contributed by atoms with Gasteiger partial charge in [-0.1, -0.05) is 17.7 Å². The molecule has 0 fully saturated rings. The Bertz CT molecular complexity index is 966. The van der Waals surface area contributed by atoms with E-state index < -0.39 is 11.3 Å². The third-order valence-electron chi connectivity index (χ3n) is 3.80. The smallest absolute Gasteiger partial charge is 0.276 e. The molecular weight excluding hydrogens is 332 g/mol. The molecule has 2 aromatic heterocycles. The zero-order valence-corrected chi connectivity index (χ0v) is 14.5. The van der Waals surface area contributed by atoms with Gasteiger partial charge in [0.05, 0.1) is 18.9 Å². The summed E-state index contributed by atoms with van der Waals surface area (Å²) < 4.78 is 6.67. The Hall–Kier alpha value is -3.48. The number of pyridine rings is 1. The van der Waals surface area contributed by atoms with Gasteiger partial charge in [0.25, 0.3) is 5.91 Å². The van der Waals surface area contributed by atoms with Gasteiger partial charge < -0.3 is 10.1 Å². The maximum atomic E-state index is 12.4. The molecule has 1 aromatic carbocycles. The zero-order valence-electron chi connectivity index (χ0n) is 14.5. The summed E-state index contributed by atoms with van der Waals surface area (Å²) >= 11 is 0. The molecule has 2 heterocycles. The van der Waals surface area contributed by atoms with Crippen LogP contribution in [0.25, 0.3) is 5.69 Å². The number of ether oxygens (including phenoxy) is 1. The number of aromatic nitrogens is 3. The van der Waals surface area contributed by atoms with Gasteiger partial charge in [-0.15, -0.1) is 0 Å². The summed E-state index contributed by atoms with van der Waals surface area (Å²) in [5.41, 5.74) is 1.96. The fourth-order valence-electron chi connectivity index (χ4n) is 2.38. The van der Waals surface area contributed by atoms with Crippen molar-refractivity contribution in [2.75, 3.05) is 7.11 Å². The summed E-state index contributed by atoms with van der Waals surface area (Å²) in [4.78, 5) is 28.6. The van der Waals surface area contributed by atoms with Crippen molar-refractivity contribution in [1.82, 2.24) is 20.1 Å². The molecule has 7 heteroatoms. The summed E-state index contributed by atoms with van der Waals surface area (Å²) in [6.07, 6.45) is 3.27. The van der Waals surface area contributed by atoms with E-state index in [0.29, 0.717) is 5.69 Å². The van der Waals surface area contributed by atoms with Crippen LogP contribution < -0.4 is 15.5 Å². The van der Waals surface area contributed by atoms with Gasteiger partial charge >= 0.3 is 0 Å². The Balaban J connectivity index is 1.91. The number of rotatable bonds is 5. The molecule has 0 aliphatic rings. The normalized spacial score (nSPS) is 10.4. The average Bonchev–Trinajstić information content (AvgIpc) is 2.67. The van der Waals surface area contributed by atoms with Gasteiger partial charge in [-0.3, -0.25) is 14.6 Å². The Morgan fingerprint density at radius 3 is 2.50 bits per heavy atom. The van der Waals surface area contributed by atoms with Crippen LogP contribution in [0.4, 0.5) is 0 Å². The lowest BCUT2D eigenvalue weighted by atomic mass is 10.2. The van der Waals surface area contributed by atoms with Gasteiger partial charge in [-0.25, -0.2) is 4.68 Å². The summed E-state index contributed by atoms with van der Waals surface area (Å²) in [5, 5.41) is 6.91. The highest BCUT2D eigenvalue weighted by Crippen LogP contribution is 2.15. The van der Waals surface area contributed by atoms with Crippen molar-refractivity contribution in [2.45, 2.75) is 13.5 Å². The summed E-state index contributed by atoms with van der Waals surface area (Å²) in [5.74, 6) is -0.292. The average molecular weight is 350 g/mol. The van der Waals surface area contributed by atoms with Crippen LogP contribution >= 0.6 is 0 Å². The second kappa shape index (κ2) is 7.60. The van der Waals surface area contributed by atoms with E-state index in [4.69, 9.17) is 4.74 Å². The molecule has 7 nitrogen and oxygen atoms in total. The minimum Gasteiger partial charge on any atom is -0.481 e. The number of hydrogen-bond donors (Lipinski definition) is 1. The standard InChI is InChI=1S/C19H18N4O3/c1-13-3-5-15(6-4-13)23-17(26-2)11-16(24)18(22-23)19(25)21-12-14-7-9-20-10-8-14/h3-11H,12H2,1-2H3,(H,21,25). The number of carbonyl (C=O) groups excluding carboxylic acids is 1. The van der Waals surface area contributed by atoms with Gasteiger partial charge in [-0.2, -0.15) is 5.10 Å². The topological polar surface area (TPSA) is 86.1 Å². The second-order valence-corrected chi connectivity index (χ2v) is 5.69. The highest BCUT2D eigenvalue weighted by atomic mass is 16.5. The first-order chi connectivity index (χ1) is 12.6. The molecule has 1 N–H and O–H groups in total. The highest BCUT2D eigenvalue weighted by molar-refractivity contribution is 5.92. The van der Waals surface area contributed by atoms with Gasteiger partial charge in [0.1, 0.15) is 0 Å². The lowest BCUT2D eigenvalue weighted by Crippen LogP contribution is -2.31. The number of nitrogens with zero attached hydrogens (tertiary/aromatic N) is 3. The molecule has 132 valence electrons. The van der Waals surface area contributed by atoms with Gasteiger partial charge in [0, 0.05) is 18.9 Å². The van der Waals surface area contributed by atoms with E-state index >= 15 is 0 Å². The van der Waals surface area contributed by atoms with E-state index in [2.05, 4.69) is 15.4 Å². The molecule has 0 unspecified atom stereocenters. The number of hydrogen-bond acceptors (Lipinski definition) is 5. The molecule has 0 aliphatic heterocycles. The Morgan fingerprint density at radius 2 is 1.85 bits per heavy atom. The van der Waals surface area contributed by atoms with Crippen molar-refractivity contribution in [3.05, 3.63) is 81.9 Å². The van der Waals surface area contributed by atoms with Crippen LogP contribution in [0, 0.1) is 6.92 Å². The van der Waals surface area contributed by atoms with E-state index in [1.54, 1.807) is 24.5 Å². The quantitative estimate of drug-likeness (QED) is 0.759. The van der Waals surface area contributed by atoms with Crippen LogP contribution in [0.15, 0.2) is 59.7 Å². The summed E-state index contributed by atoms with van der Waals surface area (Å²) in [7, 11) is 1.45. The van der Waals surface area contributed by atoms with Crippen molar-refractivity contribution in [3.8, 4) is 11.6 Å². The van der Waals surface area contributed by atoms with Crippen LogP contribution in [0.3, 0.4) is 0 Å². The first-order valence-electron chi connectivity index (χ1n) is 8.01. The van der Waals surface area contributed by atoms with E-state index in [-0.39, 0.29) is 18.1 Å². The fraction of sp³-hybridized carbons (Fsp3) is 0.158. The van der Waals surface area contributed by atoms with E-state index in [0.717, 1.165) is 11.1 Å². The second-order valence-electron chi connectivity index (χ2n) is 5.69. The molecule has 0 saturated heterocycles. The number of methoxy groups -OCH3 is 1. The molecule has 1 amide bonds. The fourth-order valence-corrected chi connectivity index (χ4v) is 2.38. The van der Waals surface area contributed by atoms with Gasteiger partial charge in [0.2, 0.25) is 11.3 Å². The molecule has 0 radical (unpaired) electrons. The maximum absolute atomic E-state index is 12.4. The highest BCUT2D eigenvalue weighted by Gasteiger charge is 2.17. The first-order valence-corrected chi connectivity index (χ1v) is 8.01. The summed E-state index contributed by atoms with van der Waals surface area (Å²) in [6.45, 7) is 2.25. The van der Waals surface area contributed by atoms with Crippen LogP contribution in [-0.2, 0) is 6.54 Å². The Kier molecular flexibility index (Phi) is 5.07. The van der Waals surface area contributed by atoms with Crippen molar-refractivity contribution in [2.24, 2.45) is 0 Å². The third-order valence-corrected chi connectivity index (χ3v) is 3.80. The van der Waals surface area contributed by atoms with Crippen molar-refractivity contribution < 1.29 is 9.53 Å². The SMILES string of the molecule is COc1cc(=O)c(C(=O)NCc2ccncc2)nn1-c1ccc(C)cc1. The van der Waals surface area contributed by atoms with Crippen LogP contribution in [0.1, 0.15) is 21.6 Å². The van der Waals surface area contributed by atoms with Crippen LogP contribution in [0.5, 0.6) is 5.88 Å². The van der Waals surface area contributed by atoms with E-state index in [1.807, 2.05) is 31.2 Å². The molecule has 0 atom stereocenters. The lowest BCUT2D eigenvalue weighted by molar-refractivity contribution is 0.0942. The van der Waals surface area contributed by atoms with E-state index in [1.165, 1.54) is 17.9 Å². The summed E-state index contributed by atoms with van der Waals surface area (Å²) in [6, 6.07) is 12.3. The molecule has 3 aromatic rings. The Labute approximate surface area is 150 Å². The molecular formula is C19H18N4O3. The number of carbonyl (C=O) groups is 1. The molecule has 3 rings (SSSR count). The van der Waals surface area contributed by atoms with Crippen molar-refractivity contribution in [3.63, 3.8) is 0 Å². The third kappa shape index (κ3) is 3.77. The number of nitrogens with one attached hydrogen (secondary N) is 1. The number of amides is 1. The minimum atomic E-state index is -0.546. The monoisotopic (exact) mass is 350 g/mol. The minimum absolute atomic E-state index is 0.194. The predicted octanol–water partition coefficient (Wildman–Crippen LogP) is 1.87. The predicted molar refractivity (Wildman–Crippen MR) is 96.5 cm³/mol. The molecule has 26 heavy (non-hydrogen) atoms. The largest absolute Gasteiger partial charge is 0.481 e. The molecule has 0 bridgehead atoms. The molecule has 0 saturated carbocycles. The van der Waals surface area contributed by atoms with Crippen LogP contribution in [-0.4, -0.2) is 27.8 Å². The molecule has 0 aliphatic carbocycles. The maximum Gasteiger partial charge on any atom is 0.276 e. The number of benzene rings is 1. The van der Waals surface area contributed by atoms with Crippen molar-refractivity contribution in [1.29, 1.82) is 0 Å². The van der Waals surface area contributed by atoms with Gasteiger partial charge in [-0.05, 0) is 36.8 Å². The van der Waals surface area contributed by atoms with Crippen LogP contribution in [0.2, 0.25) is 0 Å². The van der Waals surface area contributed by atoms with Gasteiger partial charge in [0.15, 0.2) is 5.69 Å². The lowest BCUT2D eigenvalue weighted by Gasteiger charge is -2.13. The Morgan fingerprint density at radius 1 is 1.15 bits per heavy atom.